The Morgan fingerprint density at radius 3 is 2.62 bits per heavy atom. The maximum absolute atomic E-state index is 12.9. The first-order valence-corrected chi connectivity index (χ1v) is 9.57. The summed E-state index contributed by atoms with van der Waals surface area (Å²) in [4.78, 5) is 4.18. The number of rotatable bonds is 6. The van der Waals surface area contributed by atoms with Crippen LogP contribution >= 0.6 is 11.8 Å². The van der Waals surface area contributed by atoms with E-state index in [1.165, 1.54) is 23.9 Å². The van der Waals surface area contributed by atoms with Crippen LogP contribution in [0.15, 0.2) is 59.1 Å². The molecule has 0 aliphatic carbocycles. The summed E-state index contributed by atoms with van der Waals surface area (Å²) in [6.07, 6.45) is -4.43. The highest BCUT2D eigenvalue weighted by Crippen LogP contribution is 2.31. The van der Waals surface area contributed by atoms with Gasteiger partial charge < -0.3 is 4.52 Å². The largest absolute Gasteiger partial charge is 0.416 e. The Balaban J connectivity index is 1.41. The van der Waals surface area contributed by atoms with Gasteiger partial charge in [-0.25, -0.2) is 0 Å². The summed E-state index contributed by atoms with van der Waals surface area (Å²) in [6.45, 7) is 0. The average Bonchev–Trinajstić information content (AvgIpc) is 3.38. The summed E-state index contributed by atoms with van der Waals surface area (Å²) < 4.78 is 45.4. The molecule has 0 amide bonds. The molecule has 0 aliphatic heterocycles. The van der Waals surface area contributed by atoms with Gasteiger partial charge in [-0.1, -0.05) is 35.5 Å². The van der Waals surface area contributed by atoms with Crippen molar-refractivity contribution in [1.29, 1.82) is 0 Å². The van der Waals surface area contributed by atoms with Gasteiger partial charge in [-0.3, -0.25) is 0 Å². The average molecular weight is 418 g/mol. The maximum Gasteiger partial charge on any atom is 0.416 e. The summed E-state index contributed by atoms with van der Waals surface area (Å²) in [5.74, 6) is 1.93. The van der Waals surface area contributed by atoms with Crippen LogP contribution in [-0.2, 0) is 17.7 Å². The Morgan fingerprint density at radius 1 is 1.00 bits per heavy atom. The van der Waals surface area contributed by atoms with Crippen molar-refractivity contribution in [3.05, 3.63) is 71.9 Å². The van der Waals surface area contributed by atoms with Crippen LogP contribution in [0.5, 0.6) is 0 Å². The van der Waals surface area contributed by atoms with Gasteiger partial charge in [0.05, 0.1) is 22.8 Å². The van der Waals surface area contributed by atoms with Gasteiger partial charge in [0.25, 0.3) is 0 Å². The smallest absolute Gasteiger partial charge is 0.338 e. The monoisotopic (exact) mass is 418 g/mol. The minimum absolute atomic E-state index is 0.112. The number of alkyl halides is 3. The third-order valence-electron chi connectivity index (χ3n) is 3.91. The summed E-state index contributed by atoms with van der Waals surface area (Å²) in [5.41, 5.74) is 0.328. The van der Waals surface area contributed by atoms with Crippen molar-refractivity contribution in [2.45, 2.75) is 17.7 Å². The van der Waals surface area contributed by atoms with Crippen molar-refractivity contribution in [1.82, 2.24) is 30.3 Å². The second-order valence-electron chi connectivity index (χ2n) is 5.93. The van der Waals surface area contributed by atoms with E-state index in [1.807, 2.05) is 30.3 Å². The van der Waals surface area contributed by atoms with E-state index >= 15 is 0 Å². The van der Waals surface area contributed by atoms with Gasteiger partial charge in [0.15, 0.2) is 5.82 Å². The van der Waals surface area contributed by atoms with Gasteiger partial charge >= 0.3 is 6.18 Å². The summed E-state index contributed by atoms with van der Waals surface area (Å²) in [7, 11) is 0. The number of tetrazole rings is 1. The van der Waals surface area contributed by atoms with Crippen molar-refractivity contribution in [3.8, 4) is 17.1 Å². The first kappa shape index (κ1) is 19.1. The quantitative estimate of drug-likeness (QED) is 0.465. The van der Waals surface area contributed by atoms with Crippen molar-refractivity contribution in [2.24, 2.45) is 0 Å². The molecule has 0 saturated carbocycles. The van der Waals surface area contributed by atoms with Gasteiger partial charge in [0.2, 0.25) is 11.7 Å². The predicted octanol–water partition coefficient (Wildman–Crippen LogP) is 4.16. The molecular formula is C18H13F3N6OS. The van der Waals surface area contributed by atoms with Crippen LogP contribution in [-0.4, -0.2) is 30.3 Å². The highest BCUT2D eigenvalue weighted by molar-refractivity contribution is 7.97. The lowest BCUT2D eigenvalue weighted by Gasteiger charge is -2.06. The molecular weight excluding hydrogens is 405 g/mol. The molecule has 0 unspecified atom stereocenters. The molecule has 0 bridgehead atoms. The Labute approximate surface area is 166 Å². The zero-order valence-corrected chi connectivity index (χ0v) is 15.6. The predicted molar refractivity (Wildman–Crippen MR) is 98.9 cm³/mol. The van der Waals surface area contributed by atoms with Crippen LogP contribution in [0.25, 0.3) is 17.1 Å². The summed E-state index contributed by atoms with van der Waals surface area (Å²) in [6, 6.07) is 14.3. The number of para-hydroxylation sites is 1. The first-order valence-electron chi connectivity index (χ1n) is 8.41. The number of halogens is 3. The molecule has 2 heterocycles. The molecule has 0 atom stereocenters. The molecule has 0 spiro atoms. The lowest BCUT2D eigenvalue weighted by Crippen LogP contribution is -2.04. The summed E-state index contributed by atoms with van der Waals surface area (Å²) >= 11 is 1.45. The van der Waals surface area contributed by atoms with E-state index in [4.69, 9.17) is 4.52 Å². The fourth-order valence-corrected chi connectivity index (χ4v) is 3.32. The van der Waals surface area contributed by atoms with E-state index in [1.54, 1.807) is 4.68 Å². The molecule has 4 aromatic rings. The van der Waals surface area contributed by atoms with Gasteiger partial charge in [-0.05, 0) is 34.7 Å². The molecule has 0 N–H and O–H groups in total. The first-order chi connectivity index (χ1) is 14.0. The van der Waals surface area contributed by atoms with Gasteiger partial charge in [-0.15, -0.1) is 16.9 Å². The topological polar surface area (TPSA) is 82.5 Å². The number of aromatic nitrogens is 6. The van der Waals surface area contributed by atoms with Gasteiger partial charge in [-0.2, -0.15) is 22.8 Å². The van der Waals surface area contributed by atoms with E-state index in [2.05, 4.69) is 25.7 Å². The SMILES string of the molecule is FC(F)(F)c1cccc(-c2noc(CSCc3nnnn3-c3ccccc3)n2)c1. The second kappa shape index (κ2) is 8.03. The standard InChI is InChI=1S/C18H13F3N6OS/c19-18(20,21)13-6-4-5-12(9-13)17-22-16(28-24-17)11-29-10-15-23-25-26-27(15)14-7-2-1-3-8-14/h1-9H,10-11H2. The Hall–Kier alpha value is -3.21. The number of nitrogens with zero attached hydrogens (tertiary/aromatic N) is 6. The number of hydrogen-bond donors (Lipinski definition) is 0. The normalized spacial score (nSPS) is 11.7. The molecule has 11 heteroatoms. The molecule has 0 aliphatic rings. The fraction of sp³-hybridized carbons (Fsp3) is 0.167. The summed E-state index contributed by atoms with van der Waals surface area (Å²) in [5, 5.41) is 15.5. The number of hydrogen-bond acceptors (Lipinski definition) is 7. The van der Waals surface area contributed by atoms with Crippen LogP contribution in [0.1, 0.15) is 17.3 Å². The maximum atomic E-state index is 12.9. The molecule has 29 heavy (non-hydrogen) atoms. The van der Waals surface area contributed by atoms with Gasteiger partial charge in [0, 0.05) is 5.56 Å². The Bertz CT molecular complexity index is 1100. The van der Waals surface area contributed by atoms with Crippen molar-refractivity contribution < 1.29 is 17.7 Å². The van der Waals surface area contributed by atoms with E-state index in [-0.39, 0.29) is 11.4 Å². The van der Waals surface area contributed by atoms with Crippen LogP contribution in [0.4, 0.5) is 13.2 Å². The van der Waals surface area contributed by atoms with Crippen LogP contribution in [0.3, 0.4) is 0 Å². The van der Waals surface area contributed by atoms with E-state index in [9.17, 15) is 13.2 Å². The highest BCUT2D eigenvalue weighted by Gasteiger charge is 2.30. The Kier molecular flexibility index (Phi) is 5.30. The van der Waals surface area contributed by atoms with Crippen LogP contribution < -0.4 is 0 Å². The van der Waals surface area contributed by atoms with Crippen LogP contribution in [0, 0.1) is 0 Å². The Morgan fingerprint density at radius 2 is 1.83 bits per heavy atom. The molecule has 2 aromatic heterocycles. The number of benzene rings is 2. The zero-order chi connectivity index (χ0) is 20.3. The molecule has 148 valence electrons. The minimum atomic E-state index is -4.43. The lowest BCUT2D eigenvalue weighted by molar-refractivity contribution is -0.137. The van der Waals surface area contributed by atoms with E-state index in [0.29, 0.717) is 23.2 Å². The third-order valence-corrected chi connectivity index (χ3v) is 4.82. The van der Waals surface area contributed by atoms with E-state index in [0.717, 1.165) is 17.8 Å². The molecule has 0 radical (unpaired) electrons. The van der Waals surface area contributed by atoms with E-state index < -0.39 is 11.7 Å². The molecule has 2 aromatic carbocycles. The van der Waals surface area contributed by atoms with Crippen molar-refractivity contribution >= 4 is 11.8 Å². The zero-order valence-electron chi connectivity index (χ0n) is 14.7. The highest BCUT2D eigenvalue weighted by atomic mass is 32.2. The molecule has 0 fully saturated rings. The third kappa shape index (κ3) is 4.45. The lowest BCUT2D eigenvalue weighted by atomic mass is 10.1. The molecule has 7 nitrogen and oxygen atoms in total. The van der Waals surface area contributed by atoms with Gasteiger partial charge in [0.1, 0.15) is 0 Å². The number of thioether (sulfide) groups is 1. The fourth-order valence-electron chi connectivity index (χ4n) is 2.56. The second-order valence-corrected chi connectivity index (χ2v) is 6.91. The van der Waals surface area contributed by atoms with Crippen molar-refractivity contribution in [2.75, 3.05) is 0 Å². The molecule has 4 rings (SSSR count). The van der Waals surface area contributed by atoms with Crippen LogP contribution in [0.2, 0.25) is 0 Å². The van der Waals surface area contributed by atoms with Crippen molar-refractivity contribution in [3.63, 3.8) is 0 Å². The minimum Gasteiger partial charge on any atom is -0.338 e. The molecule has 0 saturated heterocycles.